The van der Waals surface area contributed by atoms with Crippen LogP contribution in [0.5, 0.6) is 0 Å². The van der Waals surface area contributed by atoms with Crippen molar-refractivity contribution in [3.63, 3.8) is 0 Å². The van der Waals surface area contributed by atoms with Gasteiger partial charge in [-0.3, -0.25) is 0 Å². The van der Waals surface area contributed by atoms with Crippen molar-refractivity contribution < 1.29 is 4.39 Å². The zero-order valence-corrected chi connectivity index (χ0v) is 9.33. The maximum absolute atomic E-state index is 12.7. The Morgan fingerprint density at radius 2 is 2.06 bits per heavy atom. The monoisotopic (exact) mass is 233 g/mol. The molecule has 0 saturated carbocycles. The molecular weight excluding hydrogens is 225 g/mol. The summed E-state index contributed by atoms with van der Waals surface area (Å²) in [4.78, 5) is 6.48. The molecule has 5 heteroatoms. The summed E-state index contributed by atoms with van der Waals surface area (Å²) >= 11 is 1.30. The molecule has 2 aromatic rings. The first-order chi connectivity index (χ1) is 7.70. The molecule has 0 unspecified atom stereocenters. The maximum Gasteiger partial charge on any atom is 0.190 e. The predicted molar refractivity (Wildman–Crippen MR) is 61.3 cm³/mol. The van der Waals surface area contributed by atoms with E-state index in [1.54, 1.807) is 12.1 Å². The molecular formula is C11H8FN3S. The Morgan fingerprint density at radius 3 is 2.62 bits per heavy atom. The molecule has 0 aliphatic heterocycles. The molecule has 1 aromatic carbocycles. The van der Waals surface area contributed by atoms with Crippen molar-refractivity contribution in [2.24, 2.45) is 0 Å². The van der Waals surface area contributed by atoms with Gasteiger partial charge in [0.15, 0.2) is 5.13 Å². The van der Waals surface area contributed by atoms with Crippen LogP contribution in [0.2, 0.25) is 0 Å². The van der Waals surface area contributed by atoms with Crippen molar-refractivity contribution in [1.82, 2.24) is 4.98 Å². The standard InChI is InChI=1S/C11H8FN3S/c1-15(9-4-2-8(12)3-5-9)11-14-7-10(6-13)16-11/h2-5,7H,1H3. The van der Waals surface area contributed by atoms with E-state index in [9.17, 15) is 4.39 Å². The maximum atomic E-state index is 12.7. The van der Waals surface area contributed by atoms with E-state index in [0.29, 0.717) is 10.0 Å². The lowest BCUT2D eigenvalue weighted by Crippen LogP contribution is -2.08. The number of nitrogens with zero attached hydrogens (tertiary/aromatic N) is 3. The van der Waals surface area contributed by atoms with Crippen LogP contribution in [0.4, 0.5) is 15.2 Å². The van der Waals surface area contributed by atoms with Gasteiger partial charge in [-0.05, 0) is 24.3 Å². The molecule has 0 atom stereocenters. The van der Waals surface area contributed by atoms with Crippen LogP contribution >= 0.6 is 11.3 Å². The fourth-order valence-electron chi connectivity index (χ4n) is 1.25. The second-order valence-electron chi connectivity index (χ2n) is 3.15. The van der Waals surface area contributed by atoms with Crippen molar-refractivity contribution in [1.29, 1.82) is 5.26 Å². The van der Waals surface area contributed by atoms with Gasteiger partial charge in [0, 0.05) is 12.7 Å². The summed E-state index contributed by atoms with van der Waals surface area (Å²) < 4.78 is 12.7. The van der Waals surface area contributed by atoms with Crippen LogP contribution in [-0.4, -0.2) is 12.0 Å². The fourth-order valence-corrected chi connectivity index (χ4v) is 1.94. The van der Waals surface area contributed by atoms with Gasteiger partial charge in [-0.15, -0.1) is 0 Å². The number of hydrogen-bond donors (Lipinski definition) is 0. The number of nitriles is 1. The highest BCUT2D eigenvalue weighted by molar-refractivity contribution is 7.16. The van der Waals surface area contributed by atoms with Gasteiger partial charge in [0.2, 0.25) is 0 Å². The lowest BCUT2D eigenvalue weighted by molar-refractivity contribution is 0.628. The van der Waals surface area contributed by atoms with E-state index in [4.69, 9.17) is 5.26 Å². The third-order valence-electron chi connectivity index (χ3n) is 2.10. The Kier molecular flexibility index (Phi) is 2.84. The molecule has 0 aliphatic carbocycles. The van der Waals surface area contributed by atoms with Crippen molar-refractivity contribution in [2.45, 2.75) is 0 Å². The highest BCUT2D eigenvalue weighted by Crippen LogP contribution is 2.27. The van der Waals surface area contributed by atoms with Gasteiger partial charge in [0.25, 0.3) is 0 Å². The van der Waals surface area contributed by atoms with Gasteiger partial charge in [-0.1, -0.05) is 11.3 Å². The Hall–Kier alpha value is -1.93. The minimum atomic E-state index is -0.269. The van der Waals surface area contributed by atoms with E-state index in [-0.39, 0.29) is 5.82 Å². The lowest BCUT2D eigenvalue weighted by Gasteiger charge is -2.15. The molecule has 0 bridgehead atoms. The molecule has 0 radical (unpaired) electrons. The summed E-state index contributed by atoms with van der Waals surface area (Å²) in [6.07, 6.45) is 1.53. The zero-order chi connectivity index (χ0) is 11.5. The second-order valence-corrected chi connectivity index (χ2v) is 4.16. The molecule has 0 saturated heterocycles. The van der Waals surface area contributed by atoms with E-state index in [2.05, 4.69) is 4.98 Å². The van der Waals surface area contributed by atoms with E-state index < -0.39 is 0 Å². The Morgan fingerprint density at radius 1 is 1.38 bits per heavy atom. The molecule has 80 valence electrons. The molecule has 1 aromatic heterocycles. The molecule has 0 spiro atoms. The van der Waals surface area contributed by atoms with E-state index in [0.717, 1.165) is 5.69 Å². The topological polar surface area (TPSA) is 39.9 Å². The molecule has 16 heavy (non-hydrogen) atoms. The molecule has 0 amide bonds. The molecule has 0 N–H and O–H groups in total. The third-order valence-corrected chi connectivity index (χ3v) is 3.08. The Balaban J connectivity index is 2.28. The SMILES string of the molecule is CN(c1ccc(F)cc1)c1ncc(C#N)s1. The first kappa shape index (κ1) is 10.6. The van der Waals surface area contributed by atoms with Crippen LogP contribution < -0.4 is 4.90 Å². The van der Waals surface area contributed by atoms with Crippen LogP contribution in [0, 0.1) is 17.1 Å². The van der Waals surface area contributed by atoms with Gasteiger partial charge >= 0.3 is 0 Å². The second kappa shape index (κ2) is 4.29. The van der Waals surface area contributed by atoms with Gasteiger partial charge < -0.3 is 4.90 Å². The zero-order valence-electron chi connectivity index (χ0n) is 8.51. The highest BCUT2D eigenvalue weighted by Gasteiger charge is 2.08. The van der Waals surface area contributed by atoms with Crippen molar-refractivity contribution in [2.75, 3.05) is 11.9 Å². The van der Waals surface area contributed by atoms with E-state index >= 15 is 0 Å². The summed E-state index contributed by atoms with van der Waals surface area (Å²) in [5, 5.41) is 9.40. The number of hydrogen-bond acceptors (Lipinski definition) is 4. The molecule has 0 fully saturated rings. The van der Waals surface area contributed by atoms with Crippen molar-refractivity contribution >= 4 is 22.2 Å². The average Bonchev–Trinajstić information content (AvgIpc) is 2.77. The summed E-state index contributed by atoms with van der Waals surface area (Å²) in [6.45, 7) is 0. The number of thiazole rings is 1. The first-order valence-electron chi connectivity index (χ1n) is 4.56. The summed E-state index contributed by atoms with van der Waals surface area (Å²) in [5.74, 6) is -0.269. The summed E-state index contributed by atoms with van der Waals surface area (Å²) in [6, 6.07) is 8.16. The number of halogens is 1. The number of anilines is 2. The van der Waals surface area contributed by atoms with E-state index in [1.165, 1.54) is 29.7 Å². The minimum Gasteiger partial charge on any atom is -0.321 e. The average molecular weight is 233 g/mol. The van der Waals surface area contributed by atoms with Crippen molar-refractivity contribution in [3.8, 4) is 6.07 Å². The lowest BCUT2D eigenvalue weighted by atomic mass is 10.3. The van der Waals surface area contributed by atoms with Gasteiger partial charge in [0.1, 0.15) is 16.8 Å². The fraction of sp³-hybridized carbons (Fsp3) is 0.0909. The van der Waals surface area contributed by atoms with Crippen LogP contribution in [0.3, 0.4) is 0 Å². The van der Waals surface area contributed by atoms with Crippen LogP contribution in [-0.2, 0) is 0 Å². The number of benzene rings is 1. The van der Waals surface area contributed by atoms with Crippen LogP contribution in [0.25, 0.3) is 0 Å². The van der Waals surface area contributed by atoms with Gasteiger partial charge in [-0.25, -0.2) is 9.37 Å². The minimum absolute atomic E-state index is 0.269. The van der Waals surface area contributed by atoms with Gasteiger partial charge in [-0.2, -0.15) is 5.26 Å². The van der Waals surface area contributed by atoms with Crippen molar-refractivity contribution in [3.05, 3.63) is 41.2 Å². The van der Waals surface area contributed by atoms with Crippen LogP contribution in [0.1, 0.15) is 4.88 Å². The quantitative estimate of drug-likeness (QED) is 0.800. The molecule has 1 heterocycles. The number of rotatable bonds is 2. The normalized spacial score (nSPS) is 9.81. The Labute approximate surface area is 96.4 Å². The van der Waals surface area contributed by atoms with Gasteiger partial charge in [0.05, 0.1) is 6.20 Å². The molecule has 0 aliphatic rings. The summed E-state index contributed by atoms with van der Waals surface area (Å²) in [5.41, 5.74) is 0.834. The Bertz CT molecular complexity index is 527. The summed E-state index contributed by atoms with van der Waals surface area (Å²) in [7, 11) is 1.83. The third kappa shape index (κ3) is 2.02. The van der Waals surface area contributed by atoms with Crippen LogP contribution in [0.15, 0.2) is 30.5 Å². The number of aromatic nitrogens is 1. The predicted octanol–water partition coefficient (Wildman–Crippen LogP) is 2.92. The smallest absolute Gasteiger partial charge is 0.190 e. The first-order valence-corrected chi connectivity index (χ1v) is 5.37. The highest BCUT2D eigenvalue weighted by atomic mass is 32.1. The van der Waals surface area contributed by atoms with E-state index in [1.807, 2.05) is 18.0 Å². The molecule has 2 rings (SSSR count). The molecule has 3 nitrogen and oxygen atoms in total. The largest absolute Gasteiger partial charge is 0.321 e.